The van der Waals surface area contributed by atoms with Crippen molar-refractivity contribution >= 4 is 8.80 Å². The molecule has 0 amide bonds. The maximum atomic E-state index is 5.58. The Morgan fingerprint density at radius 1 is 1.21 bits per heavy atom. The molecule has 2 bridgehead atoms. The van der Waals surface area contributed by atoms with Crippen LogP contribution in [0.25, 0.3) is 0 Å². The van der Waals surface area contributed by atoms with E-state index in [9.17, 15) is 0 Å². The van der Waals surface area contributed by atoms with Crippen LogP contribution in [0.2, 0.25) is 5.04 Å². The van der Waals surface area contributed by atoms with Crippen molar-refractivity contribution in [1.29, 1.82) is 0 Å². The third kappa shape index (κ3) is 1.15. The van der Waals surface area contributed by atoms with Gasteiger partial charge < -0.3 is 13.3 Å². The first-order valence-corrected chi connectivity index (χ1v) is 6.79. The molecule has 2 aliphatic carbocycles. The molecule has 0 N–H and O–H groups in total. The van der Waals surface area contributed by atoms with Gasteiger partial charge in [-0.25, -0.2) is 0 Å². The zero-order valence-corrected chi connectivity index (χ0v) is 10.1. The molecule has 2 atom stereocenters. The van der Waals surface area contributed by atoms with Crippen LogP contribution < -0.4 is 0 Å². The molecular formula is C10H18O3Si. The average Bonchev–Trinajstić information content (AvgIpc) is 2.82. The van der Waals surface area contributed by atoms with Gasteiger partial charge in [-0.15, -0.1) is 0 Å². The van der Waals surface area contributed by atoms with Crippen LogP contribution >= 0.6 is 0 Å². The summed E-state index contributed by atoms with van der Waals surface area (Å²) in [5.74, 6) is 0.724. The molecular weight excluding hydrogens is 196 g/mol. The molecule has 1 saturated carbocycles. The van der Waals surface area contributed by atoms with Crippen LogP contribution in [-0.2, 0) is 13.3 Å². The lowest BCUT2D eigenvalue weighted by Gasteiger charge is -2.38. The zero-order valence-electron chi connectivity index (χ0n) is 9.08. The van der Waals surface area contributed by atoms with Crippen molar-refractivity contribution in [1.82, 2.24) is 0 Å². The Kier molecular flexibility index (Phi) is 2.55. The van der Waals surface area contributed by atoms with E-state index in [4.69, 9.17) is 13.3 Å². The normalized spacial score (nSPS) is 35.5. The molecule has 0 aromatic rings. The molecule has 2 aliphatic rings. The topological polar surface area (TPSA) is 27.7 Å². The molecule has 0 aromatic heterocycles. The first kappa shape index (κ1) is 10.4. The summed E-state index contributed by atoms with van der Waals surface area (Å²) < 4.78 is 16.8. The van der Waals surface area contributed by atoms with Crippen LogP contribution in [0.4, 0.5) is 0 Å². The molecule has 0 aliphatic heterocycles. The van der Waals surface area contributed by atoms with Gasteiger partial charge in [-0.2, -0.15) is 0 Å². The number of allylic oxidation sites excluding steroid dienone is 2. The quantitative estimate of drug-likeness (QED) is 0.529. The Bertz CT molecular complexity index is 241. The zero-order chi connectivity index (χ0) is 10.2. The van der Waals surface area contributed by atoms with Gasteiger partial charge in [0.2, 0.25) is 0 Å². The molecule has 0 saturated heterocycles. The van der Waals surface area contributed by atoms with E-state index in [0.717, 1.165) is 18.8 Å². The van der Waals surface area contributed by atoms with E-state index in [1.807, 2.05) is 0 Å². The summed E-state index contributed by atoms with van der Waals surface area (Å²) >= 11 is 0. The van der Waals surface area contributed by atoms with Gasteiger partial charge in [0.25, 0.3) is 0 Å². The van der Waals surface area contributed by atoms with Gasteiger partial charge in [0.1, 0.15) is 0 Å². The summed E-state index contributed by atoms with van der Waals surface area (Å²) in [6.45, 7) is 0. The second-order valence-electron chi connectivity index (χ2n) is 4.19. The summed E-state index contributed by atoms with van der Waals surface area (Å²) in [7, 11) is 2.63. The summed E-state index contributed by atoms with van der Waals surface area (Å²) in [6.07, 6.45) is 8.11. The van der Waals surface area contributed by atoms with Gasteiger partial charge in [-0.1, -0.05) is 12.2 Å². The standard InChI is InChI=1S/C10H18O3Si/c1-11-14(12-2,13-3)10-6-4-9(8-10)5-7-10/h4,6,9H,5,7-8H2,1-3H3. The van der Waals surface area contributed by atoms with Crippen molar-refractivity contribution in [3.63, 3.8) is 0 Å². The Balaban J connectivity index is 2.31. The lowest BCUT2D eigenvalue weighted by molar-refractivity contribution is 0.0992. The van der Waals surface area contributed by atoms with Gasteiger partial charge in [0.05, 0.1) is 5.04 Å². The third-order valence-corrected chi connectivity index (χ3v) is 7.14. The molecule has 4 heteroatoms. The minimum absolute atomic E-state index is 0.0654. The summed E-state index contributed by atoms with van der Waals surface area (Å²) in [5.41, 5.74) is 0. The maximum absolute atomic E-state index is 5.58. The summed E-state index contributed by atoms with van der Waals surface area (Å²) in [5, 5.41) is 0.0654. The Hall–Kier alpha value is -0.163. The van der Waals surface area contributed by atoms with E-state index in [2.05, 4.69) is 12.2 Å². The Morgan fingerprint density at radius 2 is 1.86 bits per heavy atom. The highest BCUT2D eigenvalue weighted by molar-refractivity contribution is 6.65. The van der Waals surface area contributed by atoms with Gasteiger partial charge in [-0.05, 0) is 25.2 Å². The molecule has 0 heterocycles. The fourth-order valence-electron chi connectivity index (χ4n) is 2.99. The Morgan fingerprint density at radius 3 is 2.14 bits per heavy atom. The van der Waals surface area contributed by atoms with E-state index < -0.39 is 8.80 Å². The molecule has 1 fully saturated rings. The van der Waals surface area contributed by atoms with Crippen LogP contribution in [0, 0.1) is 5.92 Å². The largest absolute Gasteiger partial charge is 0.510 e. The monoisotopic (exact) mass is 214 g/mol. The van der Waals surface area contributed by atoms with E-state index >= 15 is 0 Å². The molecule has 0 radical (unpaired) electrons. The highest BCUT2D eigenvalue weighted by Gasteiger charge is 2.62. The van der Waals surface area contributed by atoms with Gasteiger partial charge in [0.15, 0.2) is 0 Å². The first-order chi connectivity index (χ1) is 6.72. The number of rotatable bonds is 4. The molecule has 0 aromatic carbocycles. The molecule has 2 unspecified atom stereocenters. The van der Waals surface area contributed by atoms with Crippen molar-refractivity contribution in [2.75, 3.05) is 21.3 Å². The van der Waals surface area contributed by atoms with Gasteiger partial charge in [0, 0.05) is 21.3 Å². The van der Waals surface area contributed by atoms with Crippen LogP contribution in [0.3, 0.4) is 0 Å². The predicted molar refractivity (Wildman–Crippen MR) is 56.0 cm³/mol. The Labute approximate surface area is 86.4 Å². The summed E-state index contributed by atoms with van der Waals surface area (Å²) in [4.78, 5) is 0. The average molecular weight is 214 g/mol. The highest BCUT2D eigenvalue weighted by atomic mass is 28.4. The predicted octanol–water partition coefficient (Wildman–Crippen LogP) is 1.97. The molecule has 2 rings (SSSR count). The lowest BCUT2D eigenvalue weighted by atomic mass is 10.1. The van der Waals surface area contributed by atoms with Crippen LogP contribution in [0.1, 0.15) is 19.3 Å². The van der Waals surface area contributed by atoms with E-state index in [0.29, 0.717) is 0 Å². The minimum Gasteiger partial charge on any atom is -0.376 e. The van der Waals surface area contributed by atoms with Crippen molar-refractivity contribution < 1.29 is 13.3 Å². The molecule has 0 spiro atoms. The molecule has 14 heavy (non-hydrogen) atoms. The second-order valence-corrected chi connectivity index (χ2v) is 7.52. The van der Waals surface area contributed by atoms with E-state index in [-0.39, 0.29) is 5.04 Å². The van der Waals surface area contributed by atoms with Crippen LogP contribution in [0.15, 0.2) is 12.2 Å². The van der Waals surface area contributed by atoms with Gasteiger partial charge in [-0.3, -0.25) is 0 Å². The minimum atomic E-state index is -2.48. The van der Waals surface area contributed by atoms with Crippen LogP contribution in [0.5, 0.6) is 0 Å². The fraction of sp³-hybridized carbons (Fsp3) is 0.800. The SMILES string of the molecule is CO[Si](OC)(OC)C12C=CC(CC1)C2. The van der Waals surface area contributed by atoms with Crippen molar-refractivity contribution in [2.45, 2.75) is 24.3 Å². The summed E-state index contributed by atoms with van der Waals surface area (Å²) in [6, 6.07) is 0. The fourth-order valence-corrected chi connectivity index (χ4v) is 5.97. The highest BCUT2D eigenvalue weighted by Crippen LogP contribution is 2.60. The lowest BCUT2D eigenvalue weighted by Crippen LogP contribution is -2.52. The maximum Gasteiger partial charge on any atom is 0.510 e. The molecule has 3 nitrogen and oxygen atoms in total. The number of fused-ring (bicyclic) bond motifs is 2. The van der Waals surface area contributed by atoms with E-state index in [1.165, 1.54) is 6.42 Å². The van der Waals surface area contributed by atoms with Crippen LogP contribution in [-0.4, -0.2) is 30.1 Å². The number of hydrogen-bond acceptors (Lipinski definition) is 3. The molecule has 80 valence electrons. The van der Waals surface area contributed by atoms with Crippen molar-refractivity contribution in [3.8, 4) is 0 Å². The third-order valence-electron chi connectivity index (χ3n) is 3.69. The van der Waals surface area contributed by atoms with Crippen molar-refractivity contribution in [3.05, 3.63) is 12.2 Å². The second kappa shape index (κ2) is 3.45. The van der Waals surface area contributed by atoms with Gasteiger partial charge >= 0.3 is 8.80 Å². The number of hydrogen-bond donors (Lipinski definition) is 0. The van der Waals surface area contributed by atoms with E-state index in [1.54, 1.807) is 21.3 Å². The first-order valence-electron chi connectivity index (χ1n) is 5.07. The van der Waals surface area contributed by atoms with Crippen molar-refractivity contribution in [2.24, 2.45) is 5.92 Å². The smallest absolute Gasteiger partial charge is 0.376 e.